The normalized spacial score (nSPS) is 10.5. The molecule has 3 heteroatoms. The van der Waals surface area contributed by atoms with Crippen LogP contribution in [-0.4, -0.2) is 9.38 Å². The number of aromatic nitrogens is 2. The van der Waals surface area contributed by atoms with Crippen molar-refractivity contribution < 1.29 is 0 Å². The van der Waals surface area contributed by atoms with Gasteiger partial charge in [0.15, 0.2) is 0 Å². The van der Waals surface area contributed by atoms with Gasteiger partial charge in [-0.15, -0.1) is 0 Å². The number of fused-ring (bicyclic) bond motifs is 1. The molecule has 10 heavy (non-hydrogen) atoms. The van der Waals surface area contributed by atoms with Crippen LogP contribution in [0.15, 0.2) is 30.6 Å². The van der Waals surface area contributed by atoms with E-state index in [1.54, 1.807) is 6.20 Å². The minimum absolute atomic E-state index is 0.502. The monoisotopic (exact) mass is 152 g/mol. The summed E-state index contributed by atoms with van der Waals surface area (Å²) in [5.41, 5.74) is 1.07. The number of rotatable bonds is 0. The van der Waals surface area contributed by atoms with Gasteiger partial charge in [-0.2, -0.15) is 0 Å². The first-order valence-corrected chi connectivity index (χ1v) is 3.33. The van der Waals surface area contributed by atoms with Gasteiger partial charge in [0.2, 0.25) is 5.28 Å². The summed E-state index contributed by atoms with van der Waals surface area (Å²) in [6.45, 7) is 0. The average Bonchev–Trinajstić information content (AvgIpc) is 2.36. The lowest BCUT2D eigenvalue weighted by atomic mass is 10.5. The van der Waals surface area contributed by atoms with Gasteiger partial charge in [-0.1, -0.05) is 0 Å². The first-order valence-electron chi connectivity index (χ1n) is 2.95. The molecule has 0 amide bonds. The molecular weight excluding hydrogens is 148 g/mol. The molecule has 0 saturated heterocycles. The lowest BCUT2D eigenvalue weighted by Gasteiger charge is -1.93. The summed E-state index contributed by atoms with van der Waals surface area (Å²) >= 11 is 5.75. The summed E-state index contributed by atoms with van der Waals surface area (Å²) in [6, 6.07) is 5.82. The van der Waals surface area contributed by atoms with Crippen molar-refractivity contribution in [2.45, 2.75) is 0 Å². The van der Waals surface area contributed by atoms with Crippen LogP contribution in [0.1, 0.15) is 0 Å². The van der Waals surface area contributed by atoms with Crippen LogP contribution in [0.3, 0.4) is 0 Å². The molecule has 0 unspecified atom stereocenters. The van der Waals surface area contributed by atoms with Crippen molar-refractivity contribution in [2.75, 3.05) is 0 Å². The molecule has 0 spiro atoms. The fourth-order valence-corrected chi connectivity index (χ4v) is 1.15. The fraction of sp³-hybridized carbons (Fsp3) is 0. The van der Waals surface area contributed by atoms with E-state index >= 15 is 0 Å². The van der Waals surface area contributed by atoms with Gasteiger partial charge in [0, 0.05) is 17.9 Å². The Labute approximate surface area is 63.1 Å². The van der Waals surface area contributed by atoms with Gasteiger partial charge < -0.3 is 0 Å². The lowest BCUT2D eigenvalue weighted by molar-refractivity contribution is 1.10. The maximum atomic E-state index is 5.75. The van der Waals surface area contributed by atoms with Gasteiger partial charge >= 0.3 is 0 Å². The van der Waals surface area contributed by atoms with Gasteiger partial charge in [0.25, 0.3) is 0 Å². The zero-order valence-corrected chi connectivity index (χ0v) is 5.92. The highest BCUT2D eigenvalue weighted by atomic mass is 35.5. The molecule has 2 rings (SSSR count). The van der Waals surface area contributed by atoms with Gasteiger partial charge in [-0.05, 0) is 29.8 Å². The van der Waals surface area contributed by atoms with E-state index in [4.69, 9.17) is 11.6 Å². The molecule has 2 aromatic rings. The van der Waals surface area contributed by atoms with Crippen LogP contribution in [-0.2, 0) is 0 Å². The predicted molar refractivity (Wildman–Crippen MR) is 40.2 cm³/mol. The Morgan fingerprint density at radius 3 is 3.10 bits per heavy atom. The van der Waals surface area contributed by atoms with E-state index in [1.807, 2.05) is 28.8 Å². The van der Waals surface area contributed by atoms with Crippen molar-refractivity contribution >= 4 is 17.1 Å². The zero-order valence-electron chi connectivity index (χ0n) is 5.16. The molecule has 0 aliphatic carbocycles. The van der Waals surface area contributed by atoms with Crippen molar-refractivity contribution in [3.8, 4) is 0 Å². The second kappa shape index (κ2) is 1.99. The minimum Gasteiger partial charge on any atom is -0.292 e. The molecule has 0 fully saturated rings. The molecule has 0 atom stereocenters. The SMILES string of the molecule is Clc1nccc2cccn12. The van der Waals surface area contributed by atoms with E-state index in [0.29, 0.717) is 5.28 Å². The van der Waals surface area contributed by atoms with Gasteiger partial charge in [0.1, 0.15) is 0 Å². The number of hydrogen-bond donors (Lipinski definition) is 0. The Morgan fingerprint density at radius 2 is 2.30 bits per heavy atom. The Hall–Kier alpha value is -1.02. The topological polar surface area (TPSA) is 17.3 Å². The van der Waals surface area contributed by atoms with Crippen LogP contribution < -0.4 is 0 Å². The summed E-state index contributed by atoms with van der Waals surface area (Å²) in [5, 5.41) is 0.502. The summed E-state index contributed by atoms with van der Waals surface area (Å²) in [7, 11) is 0. The molecule has 2 nitrogen and oxygen atoms in total. The third-order valence-electron chi connectivity index (χ3n) is 1.41. The summed E-state index contributed by atoms with van der Waals surface area (Å²) in [6.07, 6.45) is 3.57. The molecule has 50 valence electrons. The molecule has 0 N–H and O–H groups in total. The summed E-state index contributed by atoms with van der Waals surface area (Å²) in [5.74, 6) is 0. The Morgan fingerprint density at radius 1 is 1.40 bits per heavy atom. The fourth-order valence-electron chi connectivity index (χ4n) is 0.935. The van der Waals surface area contributed by atoms with Crippen molar-refractivity contribution in [3.05, 3.63) is 35.9 Å². The Bertz CT molecular complexity index is 353. The molecule has 0 bridgehead atoms. The first kappa shape index (κ1) is 5.74. The molecule has 2 aromatic heterocycles. The van der Waals surface area contributed by atoms with Crippen molar-refractivity contribution in [3.63, 3.8) is 0 Å². The zero-order chi connectivity index (χ0) is 6.97. The van der Waals surface area contributed by atoms with Crippen LogP contribution in [0.4, 0.5) is 0 Å². The van der Waals surface area contributed by atoms with E-state index in [1.165, 1.54) is 0 Å². The molecule has 0 aromatic carbocycles. The molecule has 0 aliphatic heterocycles. The van der Waals surface area contributed by atoms with E-state index in [2.05, 4.69) is 4.98 Å². The smallest absolute Gasteiger partial charge is 0.207 e. The summed E-state index contributed by atoms with van der Waals surface area (Å²) < 4.78 is 1.82. The van der Waals surface area contributed by atoms with Crippen molar-refractivity contribution in [1.82, 2.24) is 9.38 Å². The van der Waals surface area contributed by atoms with Crippen LogP contribution in [0.25, 0.3) is 5.52 Å². The Balaban J connectivity index is 2.95. The highest BCUT2D eigenvalue weighted by Gasteiger charge is 1.94. The molecule has 2 heterocycles. The van der Waals surface area contributed by atoms with Crippen LogP contribution >= 0.6 is 11.6 Å². The molecule has 0 radical (unpaired) electrons. The maximum Gasteiger partial charge on any atom is 0.207 e. The van der Waals surface area contributed by atoms with Crippen molar-refractivity contribution in [2.24, 2.45) is 0 Å². The quantitative estimate of drug-likeness (QED) is 0.528. The second-order valence-corrected chi connectivity index (χ2v) is 2.35. The average molecular weight is 153 g/mol. The number of nitrogens with zero attached hydrogens (tertiary/aromatic N) is 2. The van der Waals surface area contributed by atoms with E-state index in [-0.39, 0.29) is 0 Å². The molecule has 0 aliphatic rings. The highest BCUT2D eigenvalue weighted by Crippen LogP contribution is 2.09. The highest BCUT2D eigenvalue weighted by molar-refractivity contribution is 6.28. The first-order chi connectivity index (χ1) is 4.88. The van der Waals surface area contributed by atoms with Gasteiger partial charge in [-0.3, -0.25) is 4.40 Å². The lowest BCUT2D eigenvalue weighted by Crippen LogP contribution is -1.85. The van der Waals surface area contributed by atoms with Gasteiger partial charge in [0.05, 0.1) is 0 Å². The van der Waals surface area contributed by atoms with E-state index in [9.17, 15) is 0 Å². The molecular formula is C7H5ClN2. The second-order valence-electron chi connectivity index (χ2n) is 2.02. The van der Waals surface area contributed by atoms with Crippen LogP contribution in [0.2, 0.25) is 5.28 Å². The predicted octanol–water partition coefficient (Wildman–Crippen LogP) is 1.99. The largest absolute Gasteiger partial charge is 0.292 e. The van der Waals surface area contributed by atoms with Crippen LogP contribution in [0.5, 0.6) is 0 Å². The Kier molecular flexibility index (Phi) is 1.14. The number of halogens is 1. The van der Waals surface area contributed by atoms with Crippen LogP contribution in [0, 0.1) is 0 Å². The van der Waals surface area contributed by atoms with Gasteiger partial charge in [-0.25, -0.2) is 4.98 Å². The summed E-state index contributed by atoms with van der Waals surface area (Å²) in [4.78, 5) is 3.91. The maximum absolute atomic E-state index is 5.75. The third kappa shape index (κ3) is 0.693. The van der Waals surface area contributed by atoms with Crippen molar-refractivity contribution in [1.29, 1.82) is 0 Å². The third-order valence-corrected chi connectivity index (χ3v) is 1.69. The standard InChI is InChI=1S/C7H5ClN2/c8-7-9-4-3-6-2-1-5-10(6)7/h1-5H. The molecule has 0 saturated carbocycles. The number of hydrogen-bond acceptors (Lipinski definition) is 1. The van der Waals surface area contributed by atoms with E-state index < -0.39 is 0 Å². The minimum atomic E-state index is 0.502. The van der Waals surface area contributed by atoms with E-state index in [0.717, 1.165) is 5.52 Å².